The molecule has 2 aliphatic rings. The van der Waals surface area contributed by atoms with Crippen LogP contribution in [0, 0.1) is 5.82 Å². The third kappa shape index (κ3) is 5.07. The minimum absolute atomic E-state index is 0.0938. The number of benzene rings is 2. The number of nitrogens with zero attached hydrogens (tertiary/aromatic N) is 6. The van der Waals surface area contributed by atoms with Gasteiger partial charge >= 0.3 is 0 Å². The molecule has 2 aliphatic heterocycles. The Morgan fingerprint density at radius 2 is 1.84 bits per heavy atom. The topological polar surface area (TPSA) is 131 Å². The van der Waals surface area contributed by atoms with Gasteiger partial charge in [-0.25, -0.2) is 9.82 Å². The van der Waals surface area contributed by atoms with Crippen LogP contribution < -0.4 is 34.7 Å². The van der Waals surface area contributed by atoms with E-state index in [0.717, 1.165) is 13.1 Å². The Kier molecular flexibility index (Phi) is 7.52. The van der Waals surface area contributed by atoms with Gasteiger partial charge in [-0.15, -0.1) is 5.10 Å². The zero-order chi connectivity index (χ0) is 30.2. The van der Waals surface area contributed by atoms with Crippen molar-refractivity contribution in [2.24, 2.45) is 5.10 Å². The van der Waals surface area contributed by atoms with Crippen LogP contribution in [0.4, 0.5) is 16.0 Å². The SMILES string of the molecule is COc1cc(/C=N/Nc2n[nH]c(-c3cn4c5c(c(N6CCN(C)CC6)c(F)cc5c3=O)OCC4C)n2)cc(OC)c1OC. The van der Waals surface area contributed by atoms with Gasteiger partial charge < -0.3 is 33.3 Å². The molecule has 1 atom stereocenters. The fourth-order valence-corrected chi connectivity index (χ4v) is 5.48. The number of aromatic nitrogens is 4. The molecule has 0 amide bonds. The molecule has 0 aliphatic carbocycles. The molecule has 0 radical (unpaired) electrons. The standard InChI is InChI=1S/C29H33FN8O5/c1-16-15-43-27-23-18(12-20(30)24(27)37-8-6-36(2)7-9-37)25(39)19(14-38(16)23)28-32-29(35-33-28)34-31-13-17-10-21(40-3)26(42-5)22(11-17)41-4/h10-14,16H,6-9,15H2,1-5H3,(H2,32,33,34,35)/b31-13+. The van der Waals surface area contributed by atoms with Crippen molar-refractivity contribution < 1.29 is 23.3 Å². The van der Waals surface area contributed by atoms with Crippen LogP contribution in [0.25, 0.3) is 22.3 Å². The number of methoxy groups -OCH3 is 3. The normalized spacial score (nSPS) is 16.9. The van der Waals surface area contributed by atoms with Crippen molar-refractivity contribution in [2.45, 2.75) is 13.0 Å². The van der Waals surface area contributed by atoms with Gasteiger partial charge in [0, 0.05) is 37.9 Å². The number of rotatable bonds is 8. The highest BCUT2D eigenvalue weighted by molar-refractivity contribution is 5.94. The molecule has 4 aromatic rings. The van der Waals surface area contributed by atoms with E-state index in [0.29, 0.717) is 59.5 Å². The molecule has 1 unspecified atom stereocenters. The van der Waals surface area contributed by atoms with E-state index in [1.54, 1.807) is 24.5 Å². The maximum atomic E-state index is 15.7. The predicted octanol–water partition coefficient (Wildman–Crippen LogP) is 3.10. The average molecular weight is 593 g/mol. The summed E-state index contributed by atoms with van der Waals surface area (Å²) in [5, 5.41) is 11.4. The van der Waals surface area contributed by atoms with Crippen LogP contribution in [0.1, 0.15) is 18.5 Å². The number of H-pyrrole nitrogens is 1. The van der Waals surface area contributed by atoms with Gasteiger partial charge in [-0.2, -0.15) is 10.1 Å². The summed E-state index contributed by atoms with van der Waals surface area (Å²) in [7, 11) is 6.64. The molecule has 4 heterocycles. The van der Waals surface area contributed by atoms with Crippen LogP contribution in [-0.4, -0.2) is 92.0 Å². The van der Waals surface area contributed by atoms with Gasteiger partial charge in [0.15, 0.2) is 28.9 Å². The molecule has 226 valence electrons. The number of aromatic amines is 1. The molecule has 43 heavy (non-hydrogen) atoms. The lowest BCUT2D eigenvalue weighted by Gasteiger charge is -2.37. The molecule has 2 N–H and O–H groups in total. The maximum Gasteiger partial charge on any atom is 0.262 e. The first kappa shape index (κ1) is 28.3. The quantitative estimate of drug-likeness (QED) is 0.232. The molecule has 2 aromatic carbocycles. The summed E-state index contributed by atoms with van der Waals surface area (Å²) in [5.41, 5.74) is 4.30. The lowest BCUT2D eigenvalue weighted by molar-refractivity contribution is 0.245. The van der Waals surface area contributed by atoms with E-state index in [-0.39, 0.29) is 34.2 Å². The number of pyridine rings is 1. The second-order valence-corrected chi connectivity index (χ2v) is 10.5. The van der Waals surface area contributed by atoms with Crippen molar-refractivity contribution in [3.63, 3.8) is 0 Å². The van der Waals surface area contributed by atoms with Crippen molar-refractivity contribution in [3.8, 4) is 34.4 Å². The summed E-state index contributed by atoms with van der Waals surface area (Å²) < 4.78 is 39.8. The Labute approximate surface area is 246 Å². The van der Waals surface area contributed by atoms with Gasteiger partial charge in [-0.1, -0.05) is 0 Å². The Hall–Kier alpha value is -4.85. The van der Waals surface area contributed by atoms with Crippen molar-refractivity contribution in [1.82, 2.24) is 24.6 Å². The highest BCUT2D eigenvalue weighted by Gasteiger charge is 2.30. The Morgan fingerprint density at radius 1 is 1.12 bits per heavy atom. The second kappa shape index (κ2) is 11.4. The first-order chi connectivity index (χ1) is 20.8. The van der Waals surface area contributed by atoms with E-state index in [9.17, 15) is 4.79 Å². The number of piperazine rings is 1. The lowest BCUT2D eigenvalue weighted by atomic mass is 10.0. The van der Waals surface area contributed by atoms with Gasteiger partial charge in [-0.3, -0.25) is 9.89 Å². The predicted molar refractivity (Wildman–Crippen MR) is 161 cm³/mol. The number of likely N-dealkylation sites (N-methyl/N-ethyl adjacent to an activating group) is 1. The Balaban J connectivity index is 1.32. The van der Waals surface area contributed by atoms with E-state index < -0.39 is 5.82 Å². The van der Waals surface area contributed by atoms with E-state index in [1.807, 2.05) is 23.4 Å². The minimum Gasteiger partial charge on any atom is -0.493 e. The number of ether oxygens (including phenoxy) is 4. The van der Waals surface area contributed by atoms with Gasteiger partial charge in [0.25, 0.3) is 5.95 Å². The van der Waals surface area contributed by atoms with Crippen LogP contribution >= 0.6 is 0 Å². The van der Waals surface area contributed by atoms with E-state index >= 15 is 4.39 Å². The van der Waals surface area contributed by atoms with Crippen molar-refractivity contribution in [1.29, 1.82) is 0 Å². The molecule has 0 bridgehead atoms. The molecule has 14 heteroatoms. The third-order valence-electron chi connectivity index (χ3n) is 7.77. The number of nitrogens with one attached hydrogen (secondary N) is 2. The van der Waals surface area contributed by atoms with Gasteiger partial charge in [0.1, 0.15) is 12.3 Å². The summed E-state index contributed by atoms with van der Waals surface area (Å²) in [6.45, 7) is 5.29. The van der Waals surface area contributed by atoms with Crippen molar-refractivity contribution in [3.05, 3.63) is 46.0 Å². The van der Waals surface area contributed by atoms with E-state index in [1.165, 1.54) is 27.4 Å². The molecule has 1 fully saturated rings. The molecular weight excluding hydrogens is 559 g/mol. The summed E-state index contributed by atoms with van der Waals surface area (Å²) in [5.74, 6) is 1.73. The Morgan fingerprint density at radius 3 is 2.51 bits per heavy atom. The molecule has 6 rings (SSSR count). The molecule has 2 aromatic heterocycles. The third-order valence-corrected chi connectivity index (χ3v) is 7.77. The average Bonchev–Trinajstić information content (AvgIpc) is 3.48. The number of hydrazone groups is 1. The molecule has 1 saturated heterocycles. The fourth-order valence-electron chi connectivity index (χ4n) is 5.48. The summed E-state index contributed by atoms with van der Waals surface area (Å²) in [4.78, 5) is 22.3. The summed E-state index contributed by atoms with van der Waals surface area (Å²) in [6.07, 6.45) is 3.27. The largest absolute Gasteiger partial charge is 0.493 e. The molecule has 13 nitrogen and oxygen atoms in total. The van der Waals surface area contributed by atoms with Crippen molar-refractivity contribution in [2.75, 3.05) is 71.5 Å². The Bertz CT molecular complexity index is 1740. The van der Waals surface area contributed by atoms with Crippen LogP contribution in [-0.2, 0) is 0 Å². The van der Waals surface area contributed by atoms with Crippen LogP contribution in [0.3, 0.4) is 0 Å². The highest BCUT2D eigenvalue weighted by Crippen LogP contribution is 2.42. The highest BCUT2D eigenvalue weighted by atomic mass is 19.1. The fraction of sp³-hybridized carbons (Fsp3) is 0.379. The van der Waals surface area contributed by atoms with Crippen molar-refractivity contribution >= 4 is 28.8 Å². The first-order valence-corrected chi connectivity index (χ1v) is 13.8. The second-order valence-electron chi connectivity index (χ2n) is 10.5. The van der Waals surface area contributed by atoms with Crippen LogP contribution in [0.5, 0.6) is 23.0 Å². The molecule has 0 saturated carbocycles. The first-order valence-electron chi connectivity index (χ1n) is 13.8. The number of anilines is 2. The zero-order valence-corrected chi connectivity index (χ0v) is 24.6. The maximum absolute atomic E-state index is 15.7. The molecular formula is C29H33FN8O5. The van der Waals surface area contributed by atoms with Crippen LogP contribution in [0.2, 0.25) is 0 Å². The van der Waals surface area contributed by atoms with E-state index in [2.05, 4.69) is 30.6 Å². The number of hydrogen-bond donors (Lipinski definition) is 2. The monoisotopic (exact) mass is 592 g/mol. The number of halogens is 1. The lowest BCUT2D eigenvalue weighted by Crippen LogP contribution is -2.45. The summed E-state index contributed by atoms with van der Waals surface area (Å²) >= 11 is 0. The smallest absolute Gasteiger partial charge is 0.262 e. The number of hydrogen-bond acceptors (Lipinski definition) is 11. The van der Waals surface area contributed by atoms with Crippen LogP contribution in [0.15, 0.2) is 34.3 Å². The van der Waals surface area contributed by atoms with Gasteiger partial charge in [0.2, 0.25) is 11.2 Å². The van der Waals surface area contributed by atoms with E-state index in [4.69, 9.17) is 18.9 Å². The zero-order valence-electron chi connectivity index (χ0n) is 24.6. The minimum atomic E-state index is -0.483. The van der Waals surface area contributed by atoms with Gasteiger partial charge in [-0.05, 0) is 32.2 Å². The molecule has 0 spiro atoms. The van der Waals surface area contributed by atoms with Gasteiger partial charge in [0.05, 0.1) is 50.1 Å². The summed E-state index contributed by atoms with van der Waals surface area (Å²) in [6, 6.07) is 4.70.